The van der Waals surface area contributed by atoms with Crippen LogP contribution in [0.5, 0.6) is 0 Å². The summed E-state index contributed by atoms with van der Waals surface area (Å²) in [5.41, 5.74) is 1.11. The first-order valence-electron chi connectivity index (χ1n) is 7.24. The molecule has 0 unspecified atom stereocenters. The number of amides is 1. The highest BCUT2D eigenvalue weighted by Gasteiger charge is 2.22. The van der Waals surface area contributed by atoms with Crippen molar-refractivity contribution in [3.05, 3.63) is 24.0 Å². The lowest BCUT2D eigenvalue weighted by Gasteiger charge is -2.36. The number of hydrogen-bond donors (Lipinski definition) is 1. The highest BCUT2D eigenvalue weighted by molar-refractivity contribution is 7.99. The molecule has 23 heavy (non-hydrogen) atoms. The van der Waals surface area contributed by atoms with Gasteiger partial charge in [-0.2, -0.15) is 17.0 Å². The molecule has 0 aliphatic carbocycles. The zero-order valence-corrected chi connectivity index (χ0v) is 13.5. The van der Waals surface area contributed by atoms with Crippen LogP contribution in [0.15, 0.2) is 18.2 Å². The number of thioether (sulfide) groups is 1. The first-order valence-corrected chi connectivity index (χ1v) is 8.63. The molecular weight excluding hydrogens is 319 g/mol. The lowest BCUT2D eigenvalue weighted by molar-refractivity contribution is -0.128. The lowest BCUT2D eigenvalue weighted by atomic mass is 10.1. The normalized spacial score (nSPS) is 15.0. The Bertz CT molecular complexity index is 672. The highest BCUT2D eigenvalue weighted by Crippen LogP contribution is 2.25. The van der Waals surface area contributed by atoms with Crippen molar-refractivity contribution in [3.63, 3.8) is 0 Å². The second-order valence-corrected chi connectivity index (χ2v) is 6.07. The van der Waals surface area contributed by atoms with Gasteiger partial charge in [-0.25, -0.2) is 4.39 Å². The van der Waals surface area contributed by atoms with E-state index < -0.39 is 0 Å². The number of carbonyl (C=O) groups is 1. The molecule has 2 heterocycles. The fourth-order valence-electron chi connectivity index (χ4n) is 2.60. The Kier molecular flexibility index (Phi) is 4.75. The average Bonchev–Trinajstić information content (AvgIpc) is 3.10. The van der Waals surface area contributed by atoms with Gasteiger partial charge in [0.05, 0.1) is 11.4 Å². The van der Waals surface area contributed by atoms with E-state index in [1.807, 2.05) is 16.1 Å². The molecular formula is C14H17FN6OS. The number of piperazine rings is 1. The van der Waals surface area contributed by atoms with Crippen LogP contribution in [0.1, 0.15) is 0 Å². The van der Waals surface area contributed by atoms with E-state index >= 15 is 0 Å². The molecule has 9 heteroatoms. The highest BCUT2D eigenvalue weighted by atomic mass is 32.2. The number of tetrazole rings is 1. The summed E-state index contributed by atoms with van der Waals surface area (Å²) in [7, 11) is 0. The maximum absolute atomic E-state index is 14.4. The Hall–Kier alpha value is -2.16. The first-order chi connectivity index (χ1) is 11.2. The van der Waals surface area contributed by atoms with Gasteiger partial charge >= 0.3 is 0 Å². The molecule has 1 fully saturated rings. The molecule has 0 radical (unpaired) electrons. The van der Waals surface area contributed by atoms with Crippen molar-refractivity contribution in [1.82, 2.24) is 25.5 Å². The number of aromatic amines is 1. The zero-order chi connectivity index (χ0) is 16.2. The third-order valence-corrected chi connectivity index (χ3v) is 4.33. The predicted octanol–water partition coefficient (Wildman–Crippen LogP) is 1.02. The van der Waals surface area contributed by atoms with Crippen LogP contribution in [0.25, 0.3) is 11.4 Å². The fraction of sp³-hybridized carbons (Fsp3) is 0.429. The van der Waals surface area contributed by atoms with Gasteiger partial charge in [-0.3, -0.25) is 4.79 Å². The fourth-order valence-corrected chi connectivity index (χ4v) is 3.03. The molecule has 0 bridgehead atoms. The van der Waals surface area contributed by atoms with E-state index in [9.17, 15) is 9.18 Å². The van der Waals surface area contributed by atoms with Crippen molar-refractivity contribution >= 4 is 23.4 Å². The van der Waals surface area contributed by atoms with Crippen LogP contribution in [0, 0.1) is 5.82 Å². The molecule has 1 amide bonds. The average molecular weight is 336 g/mol. The lowest BCUT2D eigenvalue weighted by Crippen LogP contribution is -2.49. The summed E-state index contributed by atoms with van der Waals surface area (Å²) in [6.45, 7) is 2.48. The molecule has 0 atom stereocenters. The van der Waals surface area contributed by atoms with Crippen LogP contribution in [0.2, 0.25) is 0 Å². The van der Waals surface area contributed by atoms with Crippen LogP contribution in [-0.2, 0) is 4.79 Å². The molecule has 1 aliphatic heterocycles. The Morgan fingerprint density at radius 1 is 1.35 bits per heavy atom. The van der Waals surface area contributed by atoms with Crippen LogP contribution in [0.4, 0.5) is 10.1 Å². The largest absolute Gasteiger partial charge is 0.366 e. The number of nitrogens with one attached hydrogen (secondary N) is 1. The molecule has 1 N–H and O–H groups in total. The van der Waals surface area contributed by atoms with Crippen LogP contribution < -0.4 is 4.90 Å². The van der Waals surface area contributed by atoms with E-state index in [4.69, 9.17) is 0 Å². The number of carbonyl (C=O) groups excluding carboxylic acids is 1. The predicted molar refractivity (Wildman–Crippen MR) is 86.7 cm³/mol. The van der Waals surface area contributed by atoms with E-state index in [0.717, 1.165) is 0 Å². The number of nitrogens with zero attached hydrogens (tertiary/aromatic N) is 5. The molecule has 1 aromatic carbocycles. The summed E-state index contributed by atoms with van der Waals surface area (Å²) in [5.74, 6) is 0.678. The third-order valence-electron chi connectivity index (χ3n) is 3.79. The van der Waals surface area contributed by atoms with E-state index in [2.05, 4.69) is 20.6 Å². The van der Waals surface area contributed by atoms with Gasteiger partial charge < -0.3 is 9.80 Å². The maximum atomic E-state index is 14.4. The van der Waals surface area contributed by atoms with Gasteiger partial charge in [-0.15, -0.1) is 10.2 Å². The molecule has 0 saturated carbocycles. The number of rotatable bonds is 4. The van der Waals surface area contributed by atoms with Gasteiger partial charge in [0.1, 0.15) is 5.82 Å². The summed E-state index contributed by atoms with van der Waals surface area (Å²) >= 11 is 1.52. The number of benzene rings is 1. The minimum absolute atomic E-state index is 0.144. The quantitative estimate of drug-likeness (QED) is 0.898. The molecule has 0 spiro atoms. The van der Waals surface area contributed by atoms with Gasteiger partial charge in [0.15, 0.2) is 0 Å². The molecule has 1 aromatic heterocycles. The molecule has 3 rings (SSSR count). The number of H-pyrrole nitrogens is 1. The molecule has 2 aromatic rings. The summed E-state index contributed by atoms with van der Waals surface area (Å²) in [5, 5.41) is 13.5. The third kappa shape index (κ3) is 3.44. The Morgan fingerprint density at radius 3 is 2.74 bits per heavy atom. The van der Waals surface area contributed by atoms with E-state index in [0.29, 0.717) is 49.0 Å². The Morgan fingerprint density at radius 2 is 2.13 bits per heavy atom. The topological polar surface area (TPSA) is 78.0 Å². The van der Waals surface area contributed by atoms with Crippen molar-refractivity contribution in [3.8, 4) is 11.4 Å². The van der Waals surface area contributed by atoms with E-state index in [-0.39, 0.29) is 11.7 Å². The second-order valence-electron chi connectivity index (χ2n) is 5.20. The van der Waals surface area contributed by atoms with Crippen LogP contribution >= 0.6 is 11.8 Å². The van der Waals surface area contributed by atoms with Crippen molar-refractivity contribution < 1.29 is 9.18 Å². The Balaban J connectivity index is 1.68. The SMILES string of the molecule is CSCC(=O)N1CCN(c2ccc(-c3nn[nH]n3)cc2F)CC1. The Labute approximate surface area is 137 Å². The van der Waals surface area contributed by atoms with Gasteiger partial charge in [0.2, 0.25) is 11.7 Å². The summed E-state index contributed by atoms with van der Waals surface area (Å²) in [6.07, 6.45) is 1.91. The van der Waals surface area contributed by atoms with E-state index in [1.165, 1.54) is 17.8 Å². The van der Waals surface area contributed by atoms with Crippen LogP contribution in [-0.4, -0.2) is 69.6 Å². The van der Waals surface area contributed by atoms with Gasteiger partial charge in [0, 0.05) is 31.7 Å². The summed E-state index contributed by atoms with van der Waals surface area (Å²) < 4.78 is 14.4. The van der Waals surface area contributed by atoms with Crippen molar-refractivity contribution in [2.24, 2.45) is 0 Å². The molecule has 122 valence electrons. The number of anilines is 1. The monoisotopic (exact) mass is 336 g/mol. The number of hydrogen-bond acceptors (Lipinski definition) is 6. The van der Waals surface area contributed by atoms with Crippen LogP contribution in [0.3, 0.4) is 0 Å². The standard InChI is InChI=1S/C14H17FN6OS/c1-23-9-13(22)21-6-4-20(5-7-21)12-3-2-10(8-11(12)15)14-16-18-19-17-14/h2-3,8H,4-7,9H2,1H3,(H,16,17,18,19). The van der Waals surface area contributed by atoms with Gasteiger partial charge in [-0.1, -0.05) is 0 Å². The molecule has 1 saturated heterocycles. The van der Waals surface area contributed by atoms with E-state index in [1.54, 1.807) is 12.1 Å². The van der Waals surface area contributed by atoms with Crippen molar-refractivity contribution in [1.29, 1.82) is 0 Å². The number of aromatic nitrogens is 4. The van der Waals surface area contributed by atoms with Crippen molar-refractivity contribution in [2.75, 3.05) is 43.1 Å². The van der Waals surface area contributed by atoms with Gasteiger partial charge in [-0.05, 0) is 29.7 Å². The maximum Gasteiger partial charge on any atom is 0.232 e. The second kappa shape index (κ2) is 6.95. The summed E-state index contributed by atoms with van der Waals surface area (Å²) in [6, 6.07) is 4.90. The molecule has 7 nitrogen and oxygen atoms in total. The van der Waals surface area contributed by atoms with Gasteiger partial charge in [0.25, 0.3) is 0 Å². The smallest absolute Gasteiger partial charge is 0.232 e. The first kappa shape index (κ1) is 15.7. The zero-order valence-electron chi connectivity index (χ0n) is 12.7. The van der Waals surface area contributed by atoms with Crippen molar-refractivity contribution in [2.45, 2.75) is 0 Å². The number of halogens is 1. The minimum Gasteiger partial charge on any atom is -0.366 e. The molecule has 1 aliphatic rings. The summed E-state index contributed by atoms with van der Waals surface area (Å²) in [4.78, 5) is 15.7. The minimum atomic E-state index is -0.323.